The Kier molecular flexibility index (Phi) is 6.43. The van der Waals surface area contributed by atoms with E-state index in [2.05, 4.69) is 32.1 Å². The first-order valence-electron chi connectivity index (χ1n) is 8.89. The largest absolute Gasteiger partial charge is 0.492 e. The zero-order valence-electron chi connectivity index (χ0n) is 15.2. The van der Waals surface area contributed by atoms with Crippen LogP contribution in [0.15, 0.2) is 30.9 Å². The SMILES string of the molecule is CCOc1cncc(OCCOc2nccnc2N2CCNC[C@H]2C)c1. The Morgan fingerprint density at radius 3 is 2.69 bits per heavy atom. The standard InChI is InChI=1S/C18H25N5O3/c1-3-24-15-10-16(13-20-12-15)25-8-9-26-18-17(21-4-5-22-18)23-7-6-19-11-14(23)2/h4-5,10,12-14,19H,3,6-9,11H2,1-2H3/t14-/m1/s1. The van der Waals surface area contributed by atoms with Crippen molar-refractivity contribution in [2.75, 3.05) is 44.4 Å². The summed E-state index contributed by atoms with van der Waals surface area (Å²) in [7, 11) is 0. The second-order valence-corrected chi connectivity index (χ2v) is 5.92. The Labute approximate surface area is 153 Å². The van der Waals surface area contributed by atoms with Crippen LogP contribution >= 0.6 is 0 Å². The van der Waals surface area contributed by atoms with E-state index in [-0.39, 0.29) is 0 Å². The molecule has 0 radical (unpaired) electrons. The van der Waals surface area contributed by atoms with Gasteiger partial charge in [0.2, 0.25) is 0 Å². The third kappa shape index (κ3) is 4.72. The van der Waals surface area contributed by atoms with Crippen LogP contribution in [0.2, 0.25) is 0 Å². The van der Waals surface area contributed by atoms with Crippen molar-refractivity contribution < 1.29 is 14.2 Å². The molecule has 26 heavy (non-hydrogen) atoms. The van der Waals surface area contributed by atoms with Gasteiger partial charge in [0, 0.05) is 44.1 Å². The van der Waals surface area contributed by atoms with Crippen LogP contribution in [-0.2, 0) is 0 Å². The van der Waals surface area contributed by atoms with Crippen LogP contribution in [0, 0.1) is 0 Å². The zero-order valence-corrected chi connectivity index (χ0v) is 15.2. The fourth-order valence-corrected chi connectivity index (χ4v) is 2.79. The highest BCUT2D eigenvalue weighted by Crippen LogP contribution is 2.25. The zero-order chi connectivity index (χ0) is 18.2. The predicted octanol–water partition coefficient (Wildman–Crippen LogP) is 1.53. The topological polar surface area (TPSA) is 81.6 Å². The molecule has 0 spiro atoms. The van der Waals surface area contributed by atoms with Gasteiger partial charge < -0.3 is 24.4 Å². The van der Waals surface area contributed by atoms with Crippen LogP contribution in [-0.4, -0.2) is 60.4 Å². The lowest BCUT2D eigenvalue weighted by Gasteiger charge is -2.35. The third-order valence-corrected chi connectivity index (χ3v) is 4.01. The van der Waals surface area contributed by atoms with Crippen molar-refractivity contribution in [3.8, 4) is 17.4 Å². The van der Waals surface area contributed by atoms with Crippen molar-refractivity contribution in [2.45, 2.75) is 19.9 Å². The fraction of sp³-hybridized carbons (Fsp3) is 0.500. The van der Waals surface area contributed by atoms with E-state index < -0.39 is 0 Å². The lowest BCUT2D eigenvalue weighted by Crippen LogP contribution is -2.50. The molecule has 3 rings (SSSR count). The maximum Gasteiger partial charge on any atom is 0.257 e. The first-order valence-corrected chi connectivity index (χ1v) is 8.89. The minimum atomic E-state index is 0.339. The van der Waals surface area contributed by atoms with Gasteiger partial charge in [0.15, 0.2) is 5.82 Å². The number of aromatic nitrogens is 3. The van der Waals surface area contributed by atoms with E-state index >= 15 is 0 Å². The van der Waals surface area contributed by atoms with Crippen LogP contribution in [0.5, 0.6) is 17.4 Å². The third-order valence-electron chi connectivity index (χ3n) is 4.01. The Morgan fingerprint density at radius 1 is 1.12 bits per heavy atom. The normalized spacial score (nSPS) is 17.0. The van der Waals surface area contributed by atoms with Crippen LogP contribution in [0.3, 0.4) is 0 Å². The lowest BCUT2D eigenvalue weighted by atomic mass is 10.2. The van der Waals surface area contributed by atoms with E-state index in [4.69, 9.17) is 14.2 Å². The number of ether oxygens (including phenoxy) is 3. The van der Waals surface area contributed by atoms with E-state index in [1.165, 1.54) is 0 Å². The molecular formula is C18H25N5O3. The summed E-state index contributed by atoms with van der Waals surface area (Å²) < 4.78 is 16.9. The van der Waals surface area contributed by atoms with E-state index in [1.807, 2.05) is 13.0 Å². The maximum absolute atomic E-state index is 5.83. The van der Waals surface area contributed by atoms with Gasteiger partial charge in [0.25, 0.3) is 5.88 Å². The van der Waals surface area contributed by atoms with E-state index in [0.717, 1.165) is 25.5 Å². The van der Waals surface area contributed by atoms with Crippen molar-refractivity contribution in [3.63, 3.8) is 0 Å². The average molecular weight is 359 g/mol. The summed E-state index contributed by atoms with van der Waals surface area (Å²) in [5, 5.41) is 3.37. The molecular weight excluding hydrogens is 334 g/mol. The summed E-state index contributed by atoms with van der Waals surface area (Å²) in [5.74, 6) is 2.65. The maximum atomic E-state index is 5.83. The van der Waals surface area contributed by atoms with Gasteiger partial charge in [-0.15, -0.1) is 0 Å². The van der Waals surface area contributed by atoms with Gasteiger partial charge in [0.1, 0.15) is 24.7 Å². The molecule has 1 aliphatic heterocycles. The molecule has 2 aromatic rings. The Balaban J connectivity index is 1.54. The molecule has 1 atom stereocenters. The molecule has 140 valence electrons. The van der Waals surface area contributed by atoms with E-state index in [1.54, 1.807) is 24.8 Å². The van der Waals surface area contributed by atoms with Crippen molar-refractivity contribution in [1.82, 2.24) is 20.3 Å². The molecule has 0 bridgehead atoms. The van der Waals surface area contributed by atoms with Gasteiger partial charge in [-0.3, -0.25) is 4.98 Å². The van der Waals surface area contributed by atoms with Gasteiger partial charge in [0.05, 0.1) is 19.0 Å². The molecule has 1 N–H and O–H groups in total. The first-order chi connectivity index (χ1) is 12.8. The molecule has 0 unspecified atom stereocenters. The summed E-state index contributed by atoms with van der Waals surface area (Å²) >= 11 is 0. The average Bonchev–Trinajstić information content (AvgIpc) is 2.67. The summed E-state index contributed by atoms with van der Waals surface area (Å²) in [5.41, 5.74) is 0. The van der Waals surface area contributed by atoms with Crippen molar-refractivity contribution in [3.05, 3.63) is 30.9 Å². The Morgan fingerprint density at radius 2 is 1.88 bits per heavy atom. The molecule has 8 heteroatoms. The number of nitrogens with zero attached hydrogens (tertiary/aromatic N) is 4. The Bertz CT molecular complexity index is 700. The fourth-order valence-electron chi connectivity index (χ4n) is 2.79. The first kappa shape index (κ1) is 18.2. The summed E-state index contributed by atoms with van der Waals surface area (Å²) in [4.78, 5) is 15.1. The number of hydrogen-bond acceptors (Lipinski definition) is 8. The number of rotatable bonds is 8. The van der Waals surface area contributed by atoms with Gasteiger partial charge in [-0.2, -0.15) is 0 Å². The number of pyridine rings is 1. The molecule has 0 amide bonds. The highest BCUT2D eigenvalue weighted by atomic mass is 16.5. The molecule has 0 aromatic carbocycles. The Hall–Kier alpha value is -2.61. The van der Waals surface area contributed by atoms with Crippen molar-refractivity contribution in [2.24, 2.45) is 0 Å². The predicted molar refractivity (Wildman–Crippen MR) is 98.1 cm³/mol. The highest BCUT2D eigenvalue weighted by molar-refractivity contribution is 5.49. The quantitative estimate of drug-likeness (QED) is 0.711. The van der Waals surface area contributed by atoms with E-state index in [9.17, 15) is 0 Å². The lowest BCUT2D eigenvalue weighted by molar-refractivity contribution is 0.210. The minimum Gasteiger partial charge on any atom is -0.492 e. The monoisotopic (exact) mass is 359 g/mol. The number of anilines is 1. The van der Waals surface area contributed by atoms with Crippen LogP contribution in [0.25, 0.3) is 0 Å². The number of piperazine rings is 1. The molecule has 1 fully saturated rings. The smallest absolute Gasteiger partial charge is 0.257 e. The summed E-state index contributed by atoms with van der Waals surface area (Å²) in [6.45, 7) is 8.15. The summed E-state index contributed by atoms with van der Waals surface area (Å²) in [6, 6.07) is 2.15. The molecule has 8 nitrogen and oxygen atoms in total. The molecule has 0 aliphatic carbocycles. The molecule has 1 aliphatic rings. The molecule has 3 heterocycles. The molecule has 1 saturated heterocycles. The number of nitrogens with one attached hydrogen (secondary N) is 1. The van der Waals surface area contributed by atoms with Gasteiger partial charge >= 0.3 is 0 Å². The van der Waals surface area contributed by atoms with Crippen LogP contribution in [0.1, 0.15) is 13.8 Å². The highest BCUT2D eigenvalue weighted by Gasteiger charge is 2.23. The second kappa shape index (κ2) is 9.19. The van der Waals surface area contributed by atoms with Gasteiger partial charge in [-0.05, 0) is 13.8 Å². The van der Waals surface area contributed by atoms with Crippen molar-refractivity contribution >= 4 is 5.82 Å². The van der Waals surface area contributed by atoms with Crippen LogP contribution in [0.4, 0.5) is 5.82 Å². The minimum absolute atomic E-state index is 0.339. The second-order valence-electron chi connectivity index (χ2n) is 5.92. The van der Waals surface area contributed by atoms with Crippen molar-refractivity contribution in [1.29, 1.82) is 0 Å². The molecule has 2 aromatic heterocycles. The van der Waals surface area contributed by atoms with Crippen LogP contribution < -0.4 is 24.4 Å². The van der Waals surface area contributed by atoms with Gasteiger partial charge in [-0.1, -0.05) is 0 Å². The van der Waals surface area contributed by atoms with Gasteiger partial charge in [-0.25, -0.2) is 9.97 Å². The molecule has 0 saturated carbocycles. The summed E-state index contributed by atoms with van der Waals surface area (Å²) in [6.07, 6.45) is 6.65. The van der Waals surface area contributed by atoms with E-state index in [0.29, 0.717) is 43.2 Å². The number of hydrogen-bond donors (Lipinski definition) is 1.